The van der Waals surface area contributed by atoms with Crippen LogP contribution in [0.25, 0.3) is 6.08 Å². The Morgan fingerprint density at radius 3 is 2.44 bits per heavy atom. The number of allylic oxidation sites excluding steroid dienone is 1. The fraction of sp³-hybridized carbons (Fsp3) is 0.429. The number of rotatable bonds is 1. The molecule has 0 atom stereocenters. The first kappa shape index (κ1) is 13.1. The summed E-state index contributed by atoms with van der Waals surface area (Å²) in [5.74, 6) is 0. The van der Waals surface area contributed by atoms with Gasteiger partial charge in [0, 0.05) is 6.04 Å². The van der Waals surface area contributed by atoms with Crippen LogP contribution in [0.3, 0.4) is 0 Å². The van der Waals surface area contributed by atoms with Gasteiger partial charge in [-0.3, -0.25) is 0 Å². The van der Waals surface area contributed by atoms with Crippen molar-refractivity contribution in [3.63, 3.8) is 0 Å². The van der Waals surface area contributed by atoms with Gasteiger partial charge in [0.05, 0.1) is 5.56 Å². The fourth-order valence-electron chi connectivity index (χ4n) is 2.20. The van der Waals surface area contributed by atoms with E-state index in [0.29, 0.717) is 5.56 Å². The van der Waals surface area contributed by atoms with Crippen molar-refractivity contribution >= 4 is 6.08 Å². The molecular formula is C14H16F3N. The van der Waals surface area contributed by atoms with Gasteiger partial charge in [0.25, 0.3) is 0 Å². The lowest BCUT2D eigenvalue weighted by molar-refractivity contribution is -0.137. The average molecular weight is 255 g/mol. The third-order valence-electron chi connectivity index (χ3n) is 3.26. The standard InChI is InChI=1S/C14H16F3N/c15-14(16,17)12-3-1-2-11(9-12)8-10-4-6-13(18)7-5-10/h1-3,8-9,13H,4-7,18H2. The highest BCUT2D eigenvalue weighted by atomic mass is 19.4. The van der Waals surface area contributed by atoms with Crippen molar-refractivity contribution in [3.8, 4) is 0 Å². The zero-order chi connectivity index (χ0) is 13.2. The Morgan fingerprint density at radius 2 is 1.83 bits per heavy atom. The minimum Gasteiger partial charge on any atom is -0.328 e. The topological polar surface area (TPSA) is 26.0 Å². The van der Waals surface area contributed by atoms with Gasteiger partial charge in [0.15, 0.2) is 0 Å². The SMILES string of the molecule is NC1CCC(=Cc2cccc(C(F)(F)F)c2)CC1. The first-order valence-electron chi connectivity index (χ1n) is 6.07. The van der Waals surface area contributed by atoms with Crippen molar-refractivity contribution in [3.05, 3.63) is 41.0 Å². The van der Waals surface area contributed by atoms with Gasteiger partial charge in [-0.15, -0.1) is 0 Å². The molecule has 1 nitrogen and oxygen atoms in total. The number of hydrogen-bond donors (Lipinski definition) is 1. The summed E-state index contributed by atoms with van der Waals surface area (Å²) in [4.78, 5) is 0. The van der Waals surface area contributed by atoms with Crippen LogP contribution in [-0.2, 0) is 6.18 Å². The van der Waals surface area contributed by atoms with E-state index in [0.717, 1.165) is 31.7 Å². The van der Waals surface area contributed by atoms with Crippen LogP contribution in [0.2, 0.25) is 0 Å². The van der Waals surface area contributed by atoms with Crippen molar-refractivity contribution in [2.45, 2.75) is 37.9 Å². The Balaban J connectivity index is 2.17. The van der Waals surface area contributed by atoms with Crippen LogP contribution < -0.4 is 5.73 Å². The molecule has 18 heavy (non-hydrogen) atoms. The van der Waals surface area contributed by atoms with Gasteiger partial charge >= 0.3 is 6.18 Å². The van der Waals surface area contributed by atoms with Gasteiger partial charge in [-0.25, -0.2) is 0 Å². The molecule has 1 aromatic carbocycles. The molecule has 0 spiro atoms. The maximum Gasteiger partial charge on any atom is 0.416 e. The molecule has 1 aliphatic rings. The lowest BCUT2D eigenvalue weighted by Gasteiger charge is -2.20. The summed E-state index contributed by atoms with van der Waals surface area (Å²) in [5.41, 5.74) is 7.01. The van der Waals surface area contributed by atoms with Gasteiger partial charge in [-0.2, -0.15) is 13.2 Å². The first-order chi connectivity index (χ1) is 8.45. The van der Waals surface area contributed by atoms with Gasteiger partial charge in [-0.05, 0) is 43.4 Å². The van der Waals surface area contributed by atoms with Crippen LogP contribution in [0.1, 0.15) is 36.8 Å². The van der Waals surface area contributed by atoms with E-state index in [9.17, 15) is 13.2 Å². The monoisotopic (exact) mass is 255 g/mol. The third kappa shape index (κ3) is 3.35. The van der Waals surface area contributed by atoms with Crippen molar-refractivity contribution in [2.24, 2.45) is 5.73 Å². The Hall–Kier alpha value is -1.29. The predicted molar refractivity (Wildman–Crippen MR) is 65.9 cm³/mol. The Morgan fingerprint density at radius 1 is 1.17 bits per heavy atom. The number of halogens is 3. The molecule has 0 heterocycles. The minimum atomic E-state index is -4.27. The van der Waals surface area contributed by atoms with E-state index in [1.54, 1.807) is 6.07 Å². The predicted octanol–water partition coefficient (Wildman–Crippen LogP) is 3.99. The molecule has 0 saturated heterocycles. The molecule has 1 aliphatic carbocycles. The Kier molecular flexibility index (Phi) is 3.76. The van der Waals surface area contributed by atoms with E-state index >= 15 is 0 Å². The van der Waals surface area contributed by atoms with Gasteiger partial charge < -0.3 is 5.73 Å². The smallest absolute Gasteiger partial charge is 0.328 e. The number of benzene rings is 1. The highest BCUT2D eigenvalue weighted by molar-refractivity contribution is 5.54. The second-order valence-corrected chi connectivity index (χ2v) is 4.76. The quantitative estimate of drug-likeness (QED) is 0.806. The molecule has 1 fully saturated rings. The first-order valence-corrected chi connectivity index (χ1v) is 6.07. The van der Waals surface area contributed by atoms with Crippen molar-refractivity contribution < 1.29 is 13.2 Å². The lowest BCUT2D eigenvalue weighted by atomic mass is 9.90. The average Bonchev–Trinajstić information content (AvgIpc) is 2.31. The zero-order valence-corrected chi connectivity index (χ0v) is 10.0. The van der Waals surface area contributed by atoms with Crippen LogP contribution in [0.4, 0.5) is 13.2 Å². The summed E-state index contributed by atoms with van der Waals surface area (Å²) in [7, 11) is 0. The molecule has 2 N–H and O–H groups in total. The number of nitrogens with two attached hydrogens (primary N) is 1. The van der Waals surface area contributed by atoms with Crippen LogP contribution in [0.15, 0.2) is 29.8 Å². The zero-order valence-electron chi connectivity index (χ0n) is 10.0. The fourth-order valence-corrected chi connectivity index (χ4v) is 2.20. The summed E-state index contributed by atoms with van der Waals surface area (Å²) in [6.07, 6.45) is 1.20. The second kappa shape index (κ2) is 5.14. The van der Waals surface area contributed by atoms with E-state index in [4.69, 9.17) is 5.73 Å². The summed E-state index contributed by atoms with van der Waals surface area (Å²) < 4.78 is 37.7. The van der Waals surface area contributed by atoms with E-state index in [1.807, 2.05) is 6.08 Å². The van der Waals surface area contributed by atoms with E-state index in [1.165, 1.54) is 17.7 Å². The lowest BCUT2D eigenvalue weighted by Crippen LogP contribution is -2.23. The van der Waals surface area contributed by atoms with E-state index in [2.05, 4.69) is 0 Å². The molecule has 0 aliphatic heterocycles. The largest absolute Gasteiger partial charge is 0.416 e. The summed E-state index contributed by atoms with van der Waals surface area (Å²) >= 11 is 0. The summed E-state index contributed by atoms with van der Waals surface area (Å²) in [5, 5.41) is 0. The van der Waals surface area contributed by atoms with E-state index < -0.39 is 11.7 Å². The second-order valence-electron chi connectivity index (χ2n) is 4.76. The van der Waals surface area contributed by atoms with Crippen molar-refractivity contribution in [1.82, 2.24) is 0 Å². The van der Waals surface area contributed by atoms with Crippen LogP contribution in [0.5, 0.6) is 0 Å². The highest BCUT2D eigenvalue weighted by Gasteiger charge is 2.30. The normalized spacial score (nSPS) is 20.9. The highest BCUT2D eigenvalue weighted by Crippen LogP contribution is 2.31. The summed E-state index contributed by atoms with van der Waals surface area (Å²) in [6.45, 7) is 0. The Labute approximate surface area is 104 Å². The van der Waals surface area contributed by atoms with Crippen LogP contribution in [0, 0.1) is 0 Å². The maximum absolute atomic E-state index is 12.6. The number of hydrogen-bond acceptors (Lipinski definition) is 1. The van der Waals surface area contributed by atoms with Gasteiger partial charge in [-0.1, -0.05) is 23.8 Å². The minimum absolute atomic E-state index is 0.239. The Bertz CT molecular complexity index is 439. The van der Waals surface area contributed by atoms with Crippen LogP contribution in [-0.4, -0.2) is 6.04 Å². The molecule has 4 heteroatoms. The molecule has 2 rings (SSSR count). The van der Waals surface area contributed by atoms with Crippen molar-refractivity contribution in [2.75, 3.05) is 0 Å². The molecule has 98 valence electrons. The molecule has 1 aromatic rings. The molecule has 0 unspecified atom stereocenters. The molecule has 1 saturated carbocycles. The molecule has 0 bridgehead atoms. The van der Waals surface area contributed by atoms with Gasteiger partial charge in [0.2, 0.25) is 0 Å². The van der Waals surface area contributed by atoms with Gasteiger partial charge in [0.1, 0.15) is 0 Å². The maximum atomic E-state index is 12.6. The molecule has 0 aromatic heterocycles. The van der Waals surface area contributed by atoms with Crippen LogP contribution >= 0.6 is 0 Å². The van der Waals surface area contributed by atoms with Crippen molar-refractivity contribution in [1.29, 1.82) is 0 Å². The third-order valence-corrected chi connectivity index (χ3v) is 3.26. The van der Waals surface area contributed by atoms with E-state index in [-0.39, 0.29) is 6.04 Å². The molecule has 0 radical (unpaired) electrons. The molecular weight excluding hydrogens is 239 g/mol. The number of alkyl halides is 3. The molecule has 0 amide bonds. The summed E-state index contributed by atoms with van der Waals surface area (Å²) in [6, 6.07) is 5.68.